The van der Waals surface area contributed by atoms with Crippen LogP contribution in [0.5, 0.6) is 0 Å². The number of furan rings is 1. The molecule has 0 saturated heterocycles. The Balaban J connectivity index is 2.40. The maximum atomic E-state index is 6.36. The molecule has 0 N–H and O–H groups in total. The minimum Gasteiger partial charge on any atom is -0.466 e. The lowest BCUT2D eigenvalue weighted by molar-refractivity contribution is 0.501. The molecule has 1 atom stereocenters. The van der Waals surface area contributed by atoms with E-state index in [1.165, 1.54) is 0 Å². The Kier molecular flexibility index (Phi) is 3.10. The van der Waals surface area contributed by atoms with Gasteiger partial charge in [-0.25, -0.2) is 0 Å². The lowest BCUT2D eigenvalue weighted by atomic mass is 10.1. The molecule has 15 heavy (non-hydrogen) atoms. The molecule has 1 unspecified atom stereocenters. The van der Waals surface area contributed by atoms with Crippen LogP contribution in [0.25, 0.3) is 0 Å². The van der Waals surface area contributed by atoms with Gasteiger partial charge in [-0.2, -0.15) is 0 Å². The first-order valence-corrected chi connectivity index (χ1v) is 6.23. The SMILES string of the molecule is Cc1cc(C(Cl)c2sccc2Cl)c(C)o1. The molecule has 0 bridgehead atoms. The Bertz CT molecular complexity index is 473. The first kappa shape index (κ1) is 11.1. The van der Waals surface area contributed by atoms with E-state index in [1.807, 2.05) is 31.4 Å². The molecule has 4 heteroatoms. The summed E-state index contributed by atoms with van der Waals surface area (Å²) in [4.78, 5) is 0.974. The van der Waals surface area contributed by atoms with Crippen LogP contribution >= 0.6 is 34.5 Å². The van der Waals surface area contributed by atoms with Crippen molar-refractivity contribution in [3.8, 4) is 0 Å². The third-order valence-electron chi connectivity index (χ3n) is 2.23. The Morgan fingerprint density at radius 1 is 1.40 bits per heavy atom. The number of thiophene rings is 1. The third kappa shape index (κ3) is 2.07. The maximum Gasteiger partial charge on any atom is 0.106 e. The summed E-state index contributed by atoms with van der Waals surface area (Å²) < 4.78 is 5.45. The van der Waals surface area contributed by atoms with Gasteiger partial charge in [-0.15, -0.1) is 22.9 Å². The number of halogens is 2. The van der Waals surface area contributed by atoms with E-state index in [1.54, 1.807) is 11.3 Å². The van der Waals surface area contributed by atoms with Gasteiger partial charge >= 0.3 is 0 Å². The first-order valence-electron chi connectivity index (χ1n) is 4.53. The molecule has 2 aromatic rings. The van der Waals surface area contributed by atoms with Gasteiger partial charge in [0.05, 0.1) is 10.4 Å². The molecule has 0 radical (unpaired) electrons. The zero-order chi connectivity index (χ0) is 11.0. The molecule has 0 aliphatic heterocycles. The molecule has 80 valence electrons. The van der Waals surface area contributed by atoms with E-state index in [-0.39, 0.29) is 5.38 Å². The number of aryl methyl sites for hydroxylation is 2. The zero-order valence-electron chi connectivity index (χ0n) is 8.38. The van der Waals surface area contributed by atoms with Crippen LogP contribution in [0, 0.1) is 13.8 Å². The molecule has 0 spiro atoms. The summed E-state index contributed by atoms with van der Waals surface area (Å²) in [6.07, 6.45) is 0. The zero-order valence-corrected chi connectivity index (χ0v) is 10.7. The summed E-state index contributed by atoms with van der Waals surface area (Å²) in [5.74, 6) is 1.73. The van der Waals surface area contributed by atoms with E-state index < -0.39 is 0 Å². The lowest BCUT2D eigenvalue weighted by Gasteiger charge is -2.06. The topological polar surface area (TPSA) is 13.1 Å². The van der Waals surface area contributed by atoms with Crippen LogP contribution in [-0.4, -0.2) is 0 Å². The highest BCUT2D eigenvalue weighted by Gasteiger charge is 2.19. The summed E-state index contributed by atoms with van der Waals surface area (Å²) in [7, 11) is 0. The van der Waals surface area contributed by atoms with E-state index in [4.69, 9.17) is 27.6 Å². The number of hydrogen-bond donors (Lipinski definition) is 0. The Labute approximate surface area is 103 Å². The molecular weight excluding hydrogens is 251 g/mol. The van der Waals surface area contributed by atoms with E-state index in [9.17, 15) is 0 Å². The van der Waals surface area contributed by atoms with Crippen LogP contribution in [0.3, 0.4) is 0 Å². The molecule has 2 rings (SSSR count). The molecule has 2 aromatic heterocycles. The molecule has 0 saturated carbocycles. The van der Waals surface area contributed by atoms with Gasteiger partial charge in [-0.3, -0.25) is 0 Å². The average Bonchev–Trinajstić information content (AvgIpc) is 2.71. The molecule has 0 fully saturated rings. The molecule has 2 heterocycles. The van der Waals surface area contributed by atoms with E-state index in [2.05, 4.69) is 0 Å². The van der Waals surface area contributed by atoms with Gasteiger partial charge < -0.3 is 4.42 Å². The van der Waals surface area contributed by atoms with Crippen LogP contribution in [0.2, 0.25) is 5.02 Å². The monoisotopic (exact) mass is 260 g/mol. The number of rotatable bonds is 2. The largest absolute Gasteiger partial charge is 0.466 e. The van der Waals surface area contributed by atoms with Gasteiger partial charge in [-0.1, -0.05) is 11.6 Å². The second kappa shape index (κ2) is 4.20. The van der Waals surface area contributed by atoms with E-state index in [0.29, 0.717) is 0 Å². The van der Waals surface area contributed by atoms with Gasteiger partial charge in [0, 0.05) is 10.4 Å². The van der Waals surface area contributed by atoms with Crippen molar-refractivity contribution in [2.75, 3.05) is 0 Å². The maximum absolute atomic E-state index is 6.36. The second-order valence-electron chi connectivity index (χ2n) is 3.36. The summed E-state index contributed by atoms with van der Waals surface area (Å²) in [5, 5.41) is 2.45. The first-order chi connectivity index (χ1) is 7.09. The number of alkyl halides is 1. The van der Waals surface area contributed by atoms with E-state index >= 15 is 0 Å². The summed E-state index contributed by atoms with van der Waals surface area (Å²) >= 11 is 14.0. The predicted molar refractivity (Wildman–Crippen MR) is 65.2 cm³/mol. The van der Waals surface area contributed by atoms with E-state index in [0.717, 1.165) is 27.0 Å². The molecule has 0 aromatic carbocycles. The van der Waals surface area contributed by atoms with Crippen LogP contribution in [-0.2, 0) is 0 Å². The minimum absolute atomic E-state index is 0.213. The van der Waals surface area contributed by atoms with Crippen molar-refractivity contribution >= 4 is 34.5 Å². The molecule has 1 nitrogen and oxygen atoms in total. The average molecular weight is 261 g/mol. The molecule has 0 aliphatic rings. The van der Waals surface area contributed by atoms with Crippen LogP contribution in [0.1, 0.15) is 27.3 Å². The third-order valence-corrected chi connectivity index (χ3v) is 4.23. The van der Waals surface area contributed by atoms with Crippen LogP contribution in [0.15, 0.2) is 21.9 Å². The van der Waals surface area contributed by atoms with Gasteiger partial charge in [0.1, 0.15) is 11.5 Å². The molecule has 0 amide bonds. The normalized spacial score (nSPS) is 13.1. The van der Waals surface area contributed by atoms with Crippen molar-refractivity contribution in [2.45, 2.75) is 19.2 Å². The fraction of sp³-hybridized carbons (Fsp3) is 0.273. The standard InChI is InChI=1S/C11H10Cl2OS/c1-6-5-8(7(2)14-6)10(13)11-9(12)3-4-15-11/h3-5,10H,1-2H3. The van der Waals surface area contributed by atoms with Crippen LogP contribution in [0.4, 0.5) is 0 Å². The lowest BCUT2D eigenvalue weighted by Crippen LogP contribution is -1.90. The fourth-order valence-electron chi connectivity index (χ4n) is 1.53. The molecular formula is C11H10Cl2OS. The number of hydrogen-bond acceptors (Lipinski definition) is 2. The second-order valence-corrected chi connectivity index (χ2v) is 5.16. The fourth-order valence-corrected chi connectivity index (χ4v) is 3.23. The highest BCUT2D eigenvalue weighted by atomic mass is 35.5. The Hall–Kier alpha value is -0.440. The van der Waals surface area contributed by atoms with Crippen LogP contribution < -0.4 is 0 Å². The Morgan fingerprint density at radius 3 is 2.60 bits per heavy atom. The van der Waals surface area contributed by atoms with Gasteiger partial charge in [0.25, 0.3) is 0 Å². The molecule has 0 aliphatic carbocycles. The highest BCUT2D eigenvalue weighted by molar-refractivity contribution is 7.11. The van der Waals surface area contributed by atoms with Crippen molar-refractivity contribution in [3.05, 3.63) is 44.5 Å². The summed E-state index contributed by atoms with van der Waals surface area (Å²) in [5.41, 5.74) is 0.999. The van der Waals surface area contributed by atoms with Crippen molar-refractivity contribution in [3.63, 3.8) is 0 Å². The van der Waals surface area contributed by atoms with Gasteiger partial charge in [0.2, 0.25) is 0 Å². The van der Waals surface area contributed by atoms with Crippen molar-refractivity contribution < 1.29 is 4.42 Å². The van der Waals surface area contributed by atoms with Gasteiger partial charge in [-0.05, 0) is 31.4 Å². The van der Waals surface area contributed by atoms with Crippen molar-refractivity contribution in [1.29, 1.82) is 0 Å². The minimum atomic E-state index is -0.213. The summed E-state index contributed by atoms with van der Waals surface area (Å²) in [6, 6.07) is 3.82. The highest BCUT2D eigenvalue weighted by Crippen LogP contribution is 2.39. The van der Waals surface area contributed by atoms with Crippen molar-refractivity contribution in [1.82, 2.24) is 0 Å². The van der Waals surface area contributed by atoms with Crippen molar-refractivity contribution in [2.24, 2.45) is 0 Å². The van der Waals surface area contributed by atoms with Gasteiger partial charge in [0.15, 0.2) is 0 Å². The summed E-state index contributed by atoms with van der Waals surface area (Å²) in [6.45, 7) is 3.83. The Morgan fingerprint density at radius 2 is 2.13 bits per heavy atom. The smallest absolute Gasteiger partial charge is 0.106 e. The quantitative estimate of drug-likeness (QED) is 0.698. The predicted octanol–water partition coefficient (Wildman–Crippen LogP) is 4.94.